The van der Waals surface area contributed by atoms with Crippen LogP contribution in [-0.4, -0.2) is 24.0 Å². The fourth-order valence-corrected chi connectivity index (χ4v) is 2.03. The molecule has 0 aliphatic rings. The number of benzene rings is 1. The zero-order valence-electron chi connectivity index (χ0n) is 11.1. The van der Waals surface area contributed by atoms with Gasteiger partial charge < -0.3 is 10.2 Å². The molecule has 2 amide bonds. The summed E-state index contributed by atoms with van der Waals surface area (Å²) in [6.45, 7) is 10.1. The third-order valence-corrected chi connectivity index (χ3v) is 3.04. The lowest BCUT2D eigenvalue weighted by Gasteiger charge is -2.23. The van der Waals surface area contributed by atoms with Crippen LogP contribution < -0.4 is 5.32 Å². The first kappa shape index (κ1) is 15.3. The number of nitrogens with zero attached hydrogens (tertiary/aromatic N) is 1. The maximum Gasteiger partial charge on any atom is 0.318 e. The Kier molecular flexibility index (Phi) is 6.16. The van der Waals surface area contributed by atoms with Crippen LogP contribution in [0.25, 0.3) is 0 Å². The van der Waals surface area contributed by atoms with Gasteiger partial charge in [0.05, 0.1) is 6.04 Å². The van der Waals surface area contributed by atoms with Gasteiger partial charge in [0.15, 0.2) is 0 Å². The highest BCUT2D eigenvalue weighted by molar-refractivity contribution is 6.31. The first-order valence-corrected chi connectivity index (χ1v) is 6.49. The predicted octanol–water partition coefficient (Wildman–Crippen LogP) is 3.78. The van der Waals surface area contributed by atoms with Crippen LogP contribution >= 0.6 is 11.6 Å². The van der Waals surface area contributed by atoms with Crippen LogP contribution in [0.5, 0.6) is 0 Å². The minimum atomic E-state index is -0.160. The molecule has 0 radical (unpaired) electrons. The van der Waals surface area contributed by atoms with Crippen molar-refractivity contribution in [3.8, 4) is 0 Å². The molecule has 0 aliphatic heterocycles. The summed E-state index contributed by atoms with van der Waals surface area (Å²) in [6, 6.07) is 7.16. The van der Waals surface area contributed by atoms with Gasteiger partial charge >= 0.3 is 6.03 Å². The van der Waals surface area contributed by atoms with Gasteiger partial charge in [-0.2, -0.15) is 0 Å². The standard InChI is InChI=1S/C15H19ClN2O/c1-4-10-18(11-5-2)15(19)17-12(3)13-8-6-7-9-14(13)16/h4-9,12H,1-2,10-11H2,3H3,(H,17,19). The molecule has 3 nitrogen and oxygen atoms in total. The number of urea groups is 1. The Labute approximate surface area is 119 Å². The summed E-state index contributed by atoms with van der Waals surface area (Å²) in [6.07, 6.45) is 3.37. The molecule has 0 saturated carbocycles. The highest BCUT2D eigenvalue weighted by Crippen LogP contribution is 2.22. The van der Waals surface area contributed by atoms with Crippen molar-refractivity contribution < 1.29 is 4.79 Å². The highest BCUT2D eigenvalue weighted by Gasteiger charge is 2.15. The summed E-state index contributed by atoms with van der Waals surface area (Å²) in [7, 11) is 0. The summed E-state index contributed by atoms with van der Waals surface area (Å²) in [5.41, 5.74) is 0.898. The van der Waals surface area contributed by atoms with Crippen molar-refractivity contribution in [2.75, 3.05) is 13.1 Å². The molecule has 1 unspecified atom stereocenters. The van der Waals surface area contributed by atoms with Crippen molar-refractivity contribution >= 4 is 17.6 Å². The Bertz CT molecular complexity index is 449. The Morgan fingerprint density at radius 2 is 1.95 bits per heavy atom. The normalized spacial score (nSPS) is 11.5. The Balaban J connectivity index is 2.72. The van der Waals surface area contributed by atoms with Crippen LogP contribution in [0.15, 0.2) is 49.6 Å². The van der Waals surface area contributed by atoms with Crippen molar-refractivity contribution in [1.29, 1.82) is 0 Å². The lowest BCUT2D eigenvalue weighted by Crippen LogP contribution is -2.41. The highest BCUT2D eigenvalue weighted by atomic mass is 35.5. The zero-order chi connectivity index (χ0) is 14.3. The Morgan fingerprint density at radius 1 is 1.37 bits per heavy atom. The first-order valence-electron chi connectivity index (χ1n) is 6.11. The lowest BCUT2D eigenvalue weighted by atomic mass is 10.1. The molecule has 0 saturated heterocycles. The van der Waals surface area contributed by atoms with Crippen molar-refractivity contribution in [3.63, 3.8) is 0 Å². The van der Waals surface area contributed by atoms with E-state index in [0.717, 1.165) is 5.56 Å². The van der Waals surface area contributed by atoms with Gasteiger partial charge in [-0.25, -0.2) is 4.79 Å². The van der Waals surface area contributed by atoms with Crippen LogP contribution in [-0.2, 0) is 0 Å². The van der Waals surface area contributed by atoms with Crippen molar-refractivity contribution in [2.45, 2.75) is 13.0 Å². The van der Waals surface area contributed by atoms with Gasteiger partial charge in [-0.05, 0) is 18.6 Å². The quantitative estimate of drug-likeness (QED) is 0.789. The van der Waals surface area contributed by atoms with Gasteiger partial charge in [0.25, 0.3) is 0 Å². The van der Waals surface area contributed by atoms with E-state index in [1.165, 1.54) is 0 Å². The Hall–Kier alpha value is -1.74. The number of nitrogens with one attached hydrogen (secondary N) is 1. The van der Waals surface area contributed by atoms with E-state index in [1.807, 2.05) is 31.2 Å². The maximum atomic E-state index is 12.1. The Morgan fingerprint density at radius 3 is 2.47 bits per heavy atom. The molecular weight excluding hydrogens is 260 g/mol. The molecule has 1 rings (SSSR count). The minimum Gasteiger partial charge on any atom is -0.331 e. The second-order valence-corrected chi connectivity index (χ2v) is 4.58. The van der Waals surface area contributed by atoms with Gasteiger partial charge in [-0.1, -0.05) is 42.0 Å². The van der Waals surface area contributed by atoms with Crippen LogP contribution in [0.1, 0.15) is 18.5 Å². The molecule has 0 aliphatic carbocycles. The molecule has 0 fully saturated rings. The molecule has 1 aromatic rings. The maximum absolute atomic E-state index is 12.1. The molecule has 1 aromatic carbocycles. The molecular formula is C15H19ClN2O. The van der Waals surface area contributed by atoms with E-state index in [4.69, 9.17) is 11.6 Å². The third-order valence-electron chi connectivity index (χ3n) is 2.70. The number of amides is 2. The molecule has 102 valence electrons. The van der Waals surface area contributed by atoms with E-state index >= 15 is 0 Å². The average molecular weight is 279 g/mol. The van der Waals surface area contributed by atoms with Crippen LogP contribution in [0, 0.1) is 0 Å². The van der Waals surface area contributed by atoms with Crippen LogP contribution in [0.4, 0.5) is 4.79 Å². The summed E-state index contributed by atoms with van der Waals surface area (Å²) < 4.78 is 0. The largest absolute Gasteiger partial charge is 0.331 e. The number of hydrogen-bond donors (Lipinski definition) is 1. The molecule has 1 atom stereocenters. The molecule has 0 aromatic heterocycles. The first-order chi connectivity index (χ1) is 9.10. The van der Waals surface area contributed by atoms with Crippen LogP contribution in [0.2, 0.25) is 5.02 Å². The molecule has 19 heavy (non-hydrogen) atoms. The fourth-order valence-electron chi connectivity index (χ4n) is 1.73. The van der Waals surface area contributed by atoms with E-state index in [0.29, 0.717) is 18.1 Å². The second-order valence-electron chi connectivity index (χ2n) is 4.18. The van der Waals surface area contributed by atoms with E-state index in [1.54, 1.807) is 17.1 Å². The van der Waals surface area contributed by atoms with E-state index in [9.17, 15) is 4.79 Å². The molecule has 1 N–H and O–H groups in total. The number of carbonyl (C=O) groups is 1. The molecule has 4 heteroatoms. The van der Waals surface area contributed by atoms with E-state index < -0.39 is 0 Å². The lowest BCUT2D eigenvalue weighted by molar-refractivity contribution is 0.205. The van der Waals surface area contributed by atoms with E-state index in [2.05, 4.69) is 18.5 Å². The van der Waals surface area contributed by atoms with Gasteiger partial charge in [0.1, 0.15) is 0 Å². The third kappa shape index (κ3) is 4.45. The summed E-state index contributed by atoms with van der Waals surface area (Å²) in [4.78, 5) is 13.7. The van der Waals surface area contributed by atoms with Gasteiger partial charge in [-0.3, -0.25) is 0 Å². The minimum absolute atomic E-state index is 0.154. The monoisotopic (exact) mass is 278 g/mol. The van der Waals surface area contributed by atoms with Gasteiger partial charge in [0, 0.05) is 18.1 Å². The second kappa shape index (κ2) is 7.64. The molecule has 0 heterocycles. The number of halogens is 1. The summed E-state index contributed by atoms with van der Waals surface area (Å²) >= 11 is 6.11. The summed E-state index contributed by atoms with van der Waals surface area (Å²) in [5, 5.41) is 3.56. The number of rotatable bonds is 6. The zero-order valence-corrected chi connectivity index (χ0v) is 11.9. The summed E-state index contributed by atoms with van der Waals surface area (Å²) in [5.74, 6) is 0. The molecule has 0 spiro atoms. The smallest absolute Gasteiger partial charge is 0.318 e. The predicted molar refractivity (Wildman–Crippen MR) is 80.4 cm³/mol. The average Bonchev–Trinajstić information content (AvgIpc) is 2.38. The topological polar surface area (TPSA) is 32.3 Å². The number of hydrogen-bond acceptors (Lipinski definition) is 1. The SMILES string of the molecule is C=CCN(CC=C)C(=O)NC(C)c1ccccc1Cl. The van der Waals surface area contributed by atoms with Crippen molar-refractivity contribution in [1.82, 2.24) is 10.2 Å². The van der Waals surface area contributed by atoms with E-state index in [-0.39, 0.29) is 12.1 Å². The number of carbonyl (C=O) groups excluding carboxylic acids is 1. The van der Waals surface area contributed by atoms with Crippen molar-refractivity contribution in [3.05, 3.63) is 60.2 Å². The van der Waals surface area contributed by atoms with Gasteiger partial charge in [0.2, 0.25) is 0 Å². The van der Waals surface area contributed by atoms with Gasteiger partial charge in [-0.15, -0.1) is 13.2 Å². The van der Waals surface area contributed by atoms with Crippen LogP contribution in [0.3, 0.4) is 0 Å². The molecule has 0 bridgehead atoms. The van der Waals surface area contributed by atoms with Crippen molar-refractivity contribution in [2.24, 2.45) is 0 Å². The fraction of sp³-hybridized carbons (Fsp3) is 0.267.